The minimum Gasteiger partial charge on any atom is -0.373 e. The van der Waals surface area contributed by atoms with Crippen LogP contribution in [0, 0.1) is 18.2 Å². The standard InChI is InChI=1S/C19H18ClFN2O/c1-12-6-7-13(8-16(12)21)11-23-17-5-3-2-4-15(17)19(20)14(10-22)9-18(23)24/h2-8,10,18,22,24H,9,11H2,1H3. The Morgan fingerprint density at radius 1 is 1.33 bits per heavy atom. The molecule has 2 aromatic carbocycles. The zero-order chi connectivity index (χ0) is 17.3. The van der Waals surface area contributed by atoms with Crippen LogP contribution in [-0.4, -0.2) is 17.5 Å². The van der Waals surface area contributed by atoms with E-state index in [0.29, 0.717) is 22.7 Å². The van der Waals surface area contributed by atoms with E-state index in [1.807, 2.05) is 30.3 Å². The molecule has 2 N–H and O–H groups in total. The first-order valence-electron chi connectivity index (χ1n) is 7.69. The smallest absolute Gasteiger partial charge is 0.131 e. The van der Waals surface area contributed by atoms with Crippen LogP contribution in [0.4, 0.5) is 10.1 Å². The summed E-state index contributed by atoms with van der Waals surface area (Å²) in [6, 6.07) is 12.5. The monoisotopic (exact) mass is 344 g/mol. The summed E-state index contributed by atoms with van der Waals surface area (Å²) in [5.74, 6) is -0.263. The Morgan fingerprint density at radius 2 is 2.08 bits per heavy atom. The first kappa shape index (κ1) is 16.7. The highest BCUT2D eigenvalue weighted by Crippen LogP contribution is 2.38. The third-order valence-corrected chi connectivity index (χ3v) is 4.70. The zero-order valence-electron chi connectivity index (χ0n) is 13.3. The second-order valence-corrected chi connectivity index (χ2v) is 6.27. The van der Waals surface area contributed by atoms with Crippen LogP contribution in [0.25, 0.3) is 5.03 Å². The van der Waals surface area contributed by atoms with Gasteiger partial charge in [0.25, 0.3) is 0 Å². The maximum atomic E-state index is 13.8. The van der Waals surface area contributed by atoms with E-state index in [4.69, 9.17) is 17.0 Å². The van der Waals surface area contributed by atoms with Gasteiger partial charge in [-0.05, 0) is 35.8 Å². The fourth-order valence-electron chi connectivity index (χ4n) is 2.88. The lowest BCUT2D eigenvalue weighted by Gasteiger charge is -2.30. The molecular formula is C19H18ClFN2O. The number of hydrogen-bond donors (Lipinski definition) is 2. The largest absolute Gasteiger partial charge is 0.373 e. The zero-order valence-corrected chi connectivity index (χ0v) is 14.0. The summed E-state index contributed by atoms with van der Waals surface area (Å²) in [6.07, 6.45) is 0.575. The first-order chi connectivity index (χ1) is 11.5. The van der Waals surface area contributed by atoms with Crippen molar-refractivity contribution >= 4 is 28.5 Å². The number of aryl methyl sites for hydroxylation is 1. The lowest BCUT2D eigenvalue weighted by atomic mass is 10.1. The van der Waals surface area contributed by atoms with Crippen molar-refractivity contribution in [2.75, 3.05) is 4.90 Å². The highest BCUT2D eigenvalue weighted by Gasteiger charge is 2.26. The molecule has 1 atom stereocenters. The van der Waals surface area contributed by atoms with E-state index in [0.717, 1.165) is 16.8 Å². The Kier molecular flexibility index (Phi) is 4.69. The molecule has 0 amide bonds. The van der Waals surface area contributed by atoms with Crippen molar-refractivity contribution in [3.63, 3.8) is 0 Å². The summed E-state index contributed by atoms with van der Waals surface area (Å²) in [5, 5.41) is 18.7. The minimum absolute atomic E-state index is 0.241. The lowest BCUT2D eigenvalue weighted by Crippen LogP contribution is -2.34. The van der Waals surface area contributed by atoms with E-state index in [2.05, 4.69) is 0 Å². The van der Waals surface area contributed by atoms with Gasteiger partial charge in [-0.25, -0.2) is 4.39 Å². The predicted octanol–water partition coefficient (Wildman–Crippen LogP) is 4.46. The van der Waals surface area contributed by atoms with Gasteiger partial charge in [-0.2, -0.15) is 0 Å². The molecule has 0 spiro atoms. The van der Waals surface area contributed by atoms with Crippen LogP contribution in [0.1, 0.15) is 23.1 Å². The number of halogens is 2. The molecule has 2 aromatic rings. The number of aliphatic hydroxyl groups is 1. The summed E-state index contributed by atoms with van der Waals surface area (Å²) in [4.78, 5) is 1.79. The number of nitrogens with zero attached hydrogens (tertiary/aromatic N) is 1. The number of benzene rings is 2. The van der Waals surface area contributed by atoms with Crippen LogP contribution in [0.15, 0.2) is 48.0 Å². The van der Waals surface area contributed by atoms with Gasteiger partial charge in [0.1, 0.15) is 12.0 Å². The van der Waals surface area contributed by atoms with Crippen LogP contribution in [0.2, 0.25) is 0 Å². The average molecular weight is 345 g/mol. The van der Waals surface area contributed by atoms with Crippen LogP contribution in [0.5, 0.6) is 0 Å². The molecule has 0 radical (unpaired) electrons. The normalized spacial score (nSPS) is 17.5. The van der Waals surface area contributed by atoms with Gasteiger partial charge in [0, 0.05) is 30.4 Å². The van der Waals surface area contributed by atoms with Gasteiger partial charge in [-0.15, -0.1) is 0 Å². The number of nitrogens with one attached hydrogen (secondary N) is 1. The molecule has 24 heavy (non-hydrogen) atoms. The molecule has 3 rings (SSSR count). The van der Waals surface area contributed by atoms with Gasteiger partial charge in [0.2, 0.25) is 0 Å². The first-order valence-corrected chi connectivity index (χ1v) is 8.07. The molecule has 3 nitrogen and oxygen atoms in total. The van der Waals surface area contributed by atoms with Crippen molar-refractivity contribution in [1.82, 2.24) is 0 Å². The van der Waals surface area contributed by atoms with Gasteiger partial charge < -0.3 is 15.4 Å². The second-order valence-electron chi connectivity index (χ2n) is 5.90. The van der Waals surface area contributed by atoms with E-state index >= 15 is 0 Å². The van der Waals surface area contributed by atoms with Crippen molar-refractivity contribution in [1.29, 1.82) is 5.41 Å². The third kappa shape index (κ3) is 3.07. The molecule has 124 valence electrons. The van der Waals surface area contributed by atoms with Crippen molar-refractivity contribution in [3.8, 4) is 0 Å². The Balaban J connectivity index is 2.04. The van der Waals surface area contributed by atoms with Crippen molar-refractivity contribution in [2.24, 2.45) is 0 Å². The van der Waals surface area contributed by atoms with Gasteiger partial charge >= 0.3 is 0 Å². The molecule has 0 bridgehead atoms. The molecule has 0 saturated heterocycles. The molecule has 0 aromatic heterocycles. The quantitative estimate of drug-likeness (QED) is 0.807. The molecule has 1 aliphatic rings. The Bertz CT molecular complexity index is 819. The second kappa shape index (κ2) is 6.75. The fraction of sp³-hybridized carbons (Fsp3) is 0.211. The minimum atomic E-state index is -0.844. The van der Waals surface area contributed by atoms with E-state index < -0.39 is 6.23 Å². The number of para-hydroxylation sites is 1. The van der Waals surface area contributed by atoms with Gasteiger partial charge in [-0.3, -0.25) is 0 Å². The van der Waals surface area contributed by atoms with Crippen LogP contribution >= 0.6 is 11.6 Å². The maximum Gasteiger partial charge on any atom is 0.131 e. The molecule has 0 fully saturated rings. The molecule has 0 aliphatic carbocycles. The van der Waals surface area contributed by atoms with Crippen LogP contribution in [-0.2, 0) is 6.54 Å². The maximum absolute atomic E-state index is 13.8. The molecule has 1 aliphatic heterocycles. The Labute approximate surface area is 145 Å². The van der Waals surface area contributed by atoms with Gasteiger partial charge in [-0.1, -0.05) is 41.9 Å². The SMILES string of the molecule is Cc1ccc(CN2c3ccccc3C(Cl)=C(C=N)CC2O)cc1F. The summed E-state index contributed by atoms with van der Waals surface area (Å²) in [7, 11) is 0. The average Bonchev–Trinajstić information content (AvgIpc) is 2.68. The predicted molar refractivity (Wildman–Crippen MR) is 95.9 cm³/mol. The number of anilines is 1. The lowest BCUT2D eigenvalue weighted by molar-refractivity contribution is 0.169. The van der Waals surface area contributed by atoms with E-state index in [9.17, 15) is 9.50 Å². The van der Waals surface area contributed by atoms with Crippen molar-refractivity contribution in [3.05, 3.63) is 70.5 Å². The molecule has 1 unspecified atom stereocenters. The van der Waals surface area contributed by atoms with E-state index in [1.165, 1.54) is 12.3 Å². The number of rotatable bonds is 3. The number of fused-ring (bicyclic) bond motifs is 1. The van der Waals surface area contributed by atoms with Crippen molar-refractivity contribution in [2.45, 2.75) is 26.1 Å². The summed E-state index contributed by atoms with van der Waals surface area (Å²) in [5.41, 5.74) is 3.47. The molecule has 1 heterocycles. The number of hydrogen-bond acceptors (Lipinski definition) is 3. The number of aliphatic hydroxyl groups excluding tert-OH is 1. The third-order valence-electron chi connectivity index (χ3n) is 4.26. The van der Waals surface area contributed by atoms with E-state index in [1.54, 1.807) is 17.9 Å². The summed E-state index contributed by atoms with van der Waals surface area (Å²) in [6.45, 7) is 2.07. The molecule has 0 saturated carbocycles. The van der Waals surface area contributed by atoms with Crippen molar-refractivity contribution < 1.29 is 9.50 Å². The fourth-order valence-corrected chi connectivity index (χ4v) is 3.18. The Morgan fingerprint density at radius 3 is 2.79 bits per heavy atom. The molecular weight excluding hydrogens is 327 g/mol. The van der Waals surface area contributed by atoms with Crippen LogP contribution < -0.4 is 4.90 Å². The highest BCUT2D eigenvalue weighted by molar-refractivity contribution is 6.51. The highest BCUT2D eigenvalue weighted by atomic mass is 35.5. The molecule has 5 heteroatoms. The van der Waals surface area contributed by atoms with E-state index in [-0.39, 0.29) is 12.2 Å². The Hall–Kier alpha value is -2.17. The van der Waals surface area contributed by atoms with Crippen LogP contribution in [0.3, 0.4) is 0 Å². The summed E-state index contributed by atoms with van der Waals surface area (Å²) >= 11 is 6.43. The van der Waals surface area contributed by atoms with Gasteiger partial charge in [0.15, 0.2) is 0 Å². The summed E-state index contributed by atoms with van der Waals surface area (Å²) < 4.78 is 13.8. The van der Waals surface area contributed by atoms with Gasteiger partial charge in [0.05, 0.1) is 5.03 Å². The topological polar surface area (TPSA) is 47.3 Å².